The van der Waals surface area contributed by atoms with Crippen LogP contribution in [0, 0.1) is 10.1 Å². The minimum Gasteiger partial charge on any atom is -0.504 e. The van der Waals surface area contributed by atoms with E-state index >= 15 is 0 Å². The number of benzene rings is 2. The highest BCUT2D eigenvalue weighted by Crippen LogP contribution is 2.33. The topological polar surface area (TPSA) is 115 Å². The third kappa shape index (κ3) is 3.00. The van der Waals surface area contributed by atoms with Crippen molar-refractivity contribution in [1.82, 2.24) is 9.78 Å². The van der Waals surface area contributed by atoms with E-state index < -0.39 is 37.6 Å². The Labute approximate surface area is 150 Å². The number of nitrogens with zero attached hydrogens (tertiary/aromatic N) is 3. The van der Waals surface area contributed by atoms with Gasteiger partial charge >= 0.3 is 0 Å². The Kier molecular flexibility index (Phi) is 4.63. The van der Waals surface area contributed by atoms with Gasteiger partial charge in [0.1, 0.15) is 21.4 Å². The monoisotopic (exact) mass is 371 g/mol. The van der Waals surface area contributed by atoms with Crippen LogP contribution in [0.2, 0.25) is 0 Å². The van der Waals surface area contributed by atoms with Crippen molar-refractivity contribution < 1.29 is 14.2 Å². The van der Waals surface area contributed by atoms with Crippen LogP contribution in [0.25, 0.3) is 11.3 Å². The van der Waals surface area contributed by atoms with Crippen molar-refractivity contribution in [3.05, 3.63) is 75.1 Å². The molecule has 3 aromatic rings. The summed E-state index contributed by atoms with van der Waals surface area (Å²) in [4.78, 5) is 22.3. The zero-order valence-electron chi connectivity index (χ0n) is 13.5. The maximum absolute atomic E-state index is 13.0. The Balaban J connectivity index is 2.26. The van der Waals surface area contributed by atoms with E-state index in [0.29, 0.717) is 5.56 Å². The highest BCUT2D eigenvalue weighted by molar-refractivity contribution is 7.85. The SMILES string of the molecule is Cn1nc(-c2ccccc2)c(O)c(S(=O)c2ccccc2[N+](=O)[O-])c1=O. The van der Waals surface area contributed by atoms with Gasteiger partial charge in [0.15, 0.2) is 10.6 Å². The van der Waals surface area contributed by atoms with Gasteiger partial charge in [-0.3, -0.25) is 14.9 Å². The van der Waals surface area contributed by atoms with E-state index in [0.717, 1.165) is 4.68 Å². The van der Waals surface area contributed by atoms with E-state index in [-0.39, 0.29) is 10.6 Å². The van der Waals surface area contributed by atoms with Crippen molar-refractivity contribution in [2.45, 2.75) is 9.79 Å². The predicted octanol–water partition coefficient (Wildman–Crippen LogP) is 2.23. The lowest BCUT2D eigenvalue weighted by Crippen LogP contribution is -2.25. The molecule has 26 heavy (non-hydrogen) atoms. The van der Waals surface area contributed by atoms with Gasteiger partial charge in [-0.15, -0.1) is 0 Å². The Morgan fingerprint density at radius 2 is 1.73 bits per heavy atom. The fraction of sp³-hybridized carbons (Fsp3) is 0.0588. The van der Waals surface area contributed by atoms with E-state index in [1.165, 1.54) is 31.3 Å². The molecule has 0 aliphatic heterocycles. The van der Waals surface area contributed by atoms with Gasteiger partial charge < -0.3 is 5.11 Å². The molecule has 1 unspecified atom stereocenters. The van der Waals surface area contributed by atoms with E-state index in [4.69, 9.17) is 0 Å². The number of nitro groups is 1. The summed E-state index contributed by atoms with van der Waals surface area (Å²) in [6.07, 6.45) is 0. The molecule has 2 aromatic carbocycles. The number of aromatic nitrogens is 2. The lowest BCUT2D eigenvalue weighted by atomic mass is 10.1. The number of hydrogen-bond acceptors (Lipinski definition) is 6. The van der Waals surface area contributed by atoms with Gasteiger partial charge in [-0.2, -0.15) is 5.10 Å². The molecule has 0 bridgehead atoms. The maximum atomic E-state index is 13.0. The average Bonchev–Trinajstić information content (AvgIpc) is 2.65. The van der Waals surface area contributed by atoms with Crippen molar-refractivity contribution in [2.75, 3.05) is 0 Å². The quantitative estimate of drug-likeness (QED) is 0.555. The summed E-state index contributed by atoms with van der Waals surface area (Å²) in [5.41, 5.74) is -0.611. The number of para-hydroxylation sites is 1. The van der Waals surface area contributed by atoms with Crippen LogP contribution in [0.15, 0.2) is 69.2 Å². The van der Waals surface area contributed by atoms with Gasteiger partial charge in [-0.1, -0.05) is 42.5 Å². The molecule has 0 radical (unpaired) electrons. The lowest BCUT2D eigenvalue weighted by molar-refractivity contribution is -0.387. The van der Waals surface area contributed by atoms with Crippen LogP contribution >= 0.6 is 0 Å². The molecule has 8 nitrogen and oxygen atoms in total. The Morgan fingerprint density at radius 3 is 2.38 bits per heavy atom. The summed E-state index contributed by atoms with van der Waals surface area (Å²) in [5.74, 6) is -0.559. The molecule has 1 aromatic heterocycles. The van der Waals surface area contributed by atoms with E-state index in [1.54, 1.807) is 30.3 Å². The zero-order chi connectivity index (χ0) is 18.8. The lowest BCUT2D eigenvalue weighted by Gasteiger charge is -2.11. The summed E-state index contributed by atoms with van der Waals surface area (Å²) in [5, 5.41) is 25.8. The number of nitro benzene ring substituents is 1. The van der Waals surface area contributed by atoms with Crippen molar-refractivity contribution in [1.29, 1.82) is 0 Å². The predicted molar refractivity (Wildman–Crippen MR) is 94.3 cm³/mol. The molecule has 1 atom stereocenters. The second kappa shape index (κ2) is 6.89. The largest absolute Gasteiger partial charge is 0.504 e. The number of aromatic hydroxyl groups is 1. The summed E-state index contributed by atoms with van der Waals surface area (Å²) in [6, 6.07) is 13.9. The minimum absolute atomic E-state index is 0.0645. The summed E-state index contributed by atoms with van der Waals surface area (Å²) in [7, 11) is -0.906. The molecule has 1 heterocycles. The zero-order valence-corrected chi connectivity index (χ0v) is 14.3. The van der Waals surface area contributed by atoms with Gasteiger partial charge in [0, 0.05) is 18.7 Å². The third-order valence-corrected chi connectivity index (χ3v) is 5.16. The summed E-state index contributed by atoms with van der Waals surface area (Å²) < 4.78 is 13.9. The third-order valence-electron chi connectivity index (χ3n) is 3.67. The van der Waals surface area contributed by atoms with Crippen molar-refractivity contribution in [2.24, 2.45) is 7.05 Å². The average molecular weight is 371 g/mol. The maximum Gasteiger partial charge on any atom is 0.286 e. The Bertz CT molecular complexity index is 1080. The minimum atomic E-state index is -2.26. The Hall–Kier alpha value is -3.33. The first-order valence-electron chi connectivity index (χ1n) is 7.42. The molecule has 0 aliphatic rings. The van der Waals surface area contributed by atoms with E-state index in [1.807, 2.05) is 0 Å². The molecule has 9 heteroatoms. The molecule has 0 saturated heterocycles. The highest BCUT2D eigenvalue weighted by atomic mass is 32.2. The molecule has 132 valence electrons. The molecule has 3 rings (SSSR count). The molecule has 1 N–H and O–H groups in total. The first kappa shape index (κ1) is 17.5. The van der Waals surface area contributed by atoms with Crippen LogP contribution in [-0.2, 0) is 17.8 Å². The van der Waals surface area contributed by atoms with Gasteiger partial charge in [0.25, 0.3) is 11.2 Å². The number of aryl methyl sites for hydroxylation is 1. The van der Waals surface area contributed by atoms with Crippen molar-refractivity contribution >= 4 is 16.5 Å². The van der Waals surface area contributed by atoms with Crippen LogP contribution in [0.4, 0.5) is 5.69 Å². The standard InChI is InChI=1S/C17H13N3O5S/c1-19-17(22)16(15(21)14(18-19)11-7-3-2-4-8-11)26(25)13-10-6-5-9-12(13)20(23)24/h2-10,21H,1H3. The van der Waals surface area contributed by atoms with Crippen LogP contribution in [0.3, 0.4) is 0 Å². The molecule has 0 saturated carbocycles. The molecular formula is C17H13N3O5S. The van der Waals surface area contributed by atoms with Gasteiger partial charge in [-0.25, -0.2) is 8.89 Å². The molecule has 0 amide bonds. The van der Waals surface area contributed by atoms with Crippen molar-refractivity contribution in [3.8, 4) is 17.0 Å². The van der Waals surface area contributed by atoms with Crippen LogP contribution < -0.4 is 5.56 Å². The van der Waals surface area contributed by atoms with Crippen LogP contribution in [0.1, 0.15) is 0 Å². The van der Waals surface area contributed by atoms with Gasteiger partial charge in [-0.05, 0) is 6.07 Å². The van der Waals surface area contributed by atoms with E-state index in [2.05, 4.69) is 5.10 Å². The normalized spacial score (nSPS) is 11.9. The fourth-order valence-electron chi connectivity index (χ4n) is 2.43. The highest BCUT2D eigenvalue weighted by Gasteiger charge is 2.27. The second-order valence-electron chi connectivity index (χ2n) is 5.31. The molecule has 0 aliphatic carbocycles. The van der Waals surface area contributed by atoms with Crippen LogP contribution in [0.5, 0.6) is 5.75 Å². The van der Waals surface area contributed by atoms with Gasteiger partial charge in [0.05, 0.1) is 4.92 Å². The second-order valence-corrected chi connectivity index (χ2v) is 6.70. The number of hydrogen-bond donors (Lipinski definition) is 1. The molecule has 0 fully saturated rings. The fourth-order valence-corrected chi connectivity index (χ4v) is 3.75. The smallest absolute Gasteiger partial charge is 0.286 e. The molecular weight excluding hydrogens is 358 g/mol. The van der Waals surface area contributed by atoms with Crippen LogP contribution in [-0.4, -0.2) is 24.0 Å². The summed E-state index contributed by atoms with van der Waals surface area (Å²) >= 11 is 0. The Morgan fingerprint density at radius 1 is 1.12 bits per heavy atom. The van der Waals surface area contributed by atoms with E-state index in [9.17, 15) is 24.2 Å². The van der Waals surface area contributed by atoms with Gasteiger partial charge in [0.2, 0.25) is 0 Å². The number of rotatable bonds is 4. The molecule has 0 spiro atoms. The first-order chi connectivity index (χ1) is 12.4. The van der Waals surface area contributed by atoms with Crippen molar-refractivity contribution in [3.63, 3.8) is 0 Å². The summed E-state index contributed by atoms with van der Waals surface area (Å²) in [6.45, 7) is 0. The first-order valence-corrected chi connectivity index (χ1v) is 8.57.